The summed E-state index contributed by atoms with van der Waals surface area (Å²) < 4.78 is 42.6. The summed E-state index contributed by atoms with van der Waals surface area (Å²) in [5, 5.41) is 0.856. The molecular weight excluding hydrogens is 413 g/mol. The monoisotopic (exact) mass is 434 g/mol. The molecule has 0 saturated carbocycles. The molecule has 1 aromatic heterocycles. The molecule has 6 heteroatoms. The van der Waals surface area contributed by atoms with Crippen LogP contribution in [-0.2, 0) is 13.1 Å². The first-order valence-corrected chi connectivity index (χ1v) is 10.6. The molecule has 162 valence electrons. The molecule has 0 saturated heterocycles. The zero-order chi connectivity index (χ0) is 22.2. The van der Waals surface area contributed by atoms with Crippen molar-refractivity contribution >= 4 is 16.7 Å². The van der Waals surface area contributed by atoms with Crippen LogP contribution in [-0.4, -0.2) is 21.8 Å². The lowest BCUT2D eigenvalue weighted by molar-refractivity contribution is 0.0974. The Labute approximate surface area is 183 Å². The van der Waals surface area contributed by atoms with Crippen molar-refractivity contribution in [1.82, 2.24) is 9.47 Å². The Morgan fingerprint density at radius 2 is 1.47 bits per heavy atom. The van der Waals surface area contributed by atoms with Gasteiger partial charge in [-0.3, -0.25) is 9.69 Å². The molecule has 0 atom stereocenters. The predicted molar refractivity (Wildman–Crippen MR) is 117 cm³/mol. The Bertz CT molecular complexity index is 1290. The van der Waals surface area contributed by atoms with E-state index in [1.807, 2.05) is 0 Å². The van der Waals surface area contributed by atoms with Gasteiger partial charge in [0.2, 0.25) is 0 Å². The maximum absolute atomic E-state index is 14.0. The highest BCUT2D eigenvalue weighted by molar-refractivity contribution is 5.96. The van der Waals surface area contributed by atoms with E-state index in [0.717, 1.165) is 27.8 Å². The molecule has 1 aliphatic heterocycles. The number of nitrogens with zero attached hydrogens (tertiary/aromatic N) is 2. The van der Waals surface area contributed by atoms with E-state index in [4.69, 9.17) is 0 Å². The SMILES string of the molecule is O=C(CCCN1Cc2c(n(-c3ccc(F)cc3)c3ccc(F)cc23)C1)c1ccc(F)cc1. The largest absolute Gasteiger partial charge is 0.312 e. The quantitative estimate of drug-likeness (QED) is 0.347. The van der Waals surface area contributed by atoms with Crippen LogP contribution in [0.4, 0.5) is 13.2 Å². The zero-order valence-electron chi connectivity index (χ0n) is 17.3. The molecule has 3 aromatic carbocycles. The molecule has 4 aromatic rings. The zero-order valence-corrected chi connectivity index (χ0v) is 17.3. The van der Waals surface area contributed by atoms with Crippen LogP contribution in [0.25, 0.3) is 16.6 Å². The first-order valence-electron chi connectivity index (χ1n) is 10.6. The highest BCUT2D eigenvalue weighted by Crippen LogP contribution is 2.36. The van der Waals surface area contributed by atoms with Crippen molar-refractivity contribution in [2.75, 3.05) is 6.54 Å². The third-order valence-electron chi connectivity index (χ3n) is 6.03. The molecule has 2 heterocycles. The van der Waals surface area contributed by atoms with E-state index in [2.05, 4.69) is 9.47 Å². The number of carbonyl (C=O) groups excluding carboxylic acids is 1. The molecule has 0 radical (unpaired) electrons. The summed E-state index contributed by atoms with van der Waals surface area (Å²) in [5.74, 6) is -0.966. The standard InChI is InChI=1S/C26H21F3N2O/c27-18-5-3-17(4-6-18)26(32)2-1-13-30-15-23-22-14-20(29)9-12-24(22)31(25(23)16-30)21-10-7-19(28)8-11-21/h3-12,14H,1-2,13,15-16H2. The molecule has 0 amide bonds. The van der Waals surface area contributed by atoms with Gasteiger partial charge >= 0.3 is 0 Å². The van der Waals surface area contributed by atoms with E-state index in [0.29, 0.717) is 38.0 Å². The summed E-state index contributed by atoms with van der Waals surface area (Å²) in [4.78, 5) is 14.6. The molecule has 0 spiro atoms. The third kappa shape index (κ3) is 3.82. The number of benzene rings is 3. The maximum Gasteiger partial charge on any atom is 0.162 e. The van der Waals surface area contributed by atoms with Crippen LogP contribution in [0.5, 0.6) is 0 Å². The molecule has 0 bridgehead atoms. The van der Waals surface area contributed by atoms with Crippen molar-refractivity contribution in [3.63, 3.8) is 0 Å². The Hall–Kier alpha value is -3.38. The first kappa shape index (κ1) is 20.5. The molecule has 32 heavy (non-hydrogen) atoms. The lowest BCUT2D eigenvalue weighted by Gasteiger charge is -2.17. The van der Waals surface area contributed by atoms with Crippen molar-refractivity contribution in [3.05, 3.63) is 101 Å². The normalized spacial score (nSPS) is 13.6. The van der Waals surface area contributed by atoms with Gasteiger partial charge in [0.25, 0.3) is 0 Å². The van der Waals surface area contributed by atoms with Gasteiger partial charge in [-0.25, -0.2) is 13.2 Å². The molecule has 0 fully saturated rings. The van der Waals surface area contributed by atoms with E-state index >= 15 is 0 Å². The van der Waals surface area contributed by atoms with Gasteiger partial charge in [0.1, 0.15) is 17.5 Å². The smallest absolute Gasteiger partial charge is 0.162 e. The number of hydrogen-bond donors (Lipinski definition) is 0. The van der Waals surface area contributed by atoms with Crippen LogP contribution in [0.2, 0.25) is 0 Å². The molecule has 5 rings (SSSR count). The Morgan fingerprint density at radius 3 is 2.19 bits per heavy atom. The molecule has 1 aliphatic rings. The Morgan fingerprint density at radius 1 is 0.812 bits per heavy atom. The summed E-state index contributed by atoms with van der Waals surface area (Å²) >= 11 is 0. The molecule has 3 nitrogen and oxygen atoms in total. The first-order chi connectivity index (χ1) is 15.5. The van der Waals surface area contributed by atoms with Crippen LogP contribution in [0.1, 0.15) is 34.5 Å². The summed E-state index contributed by atoms with van der Waals surface area (Å²) in [6.07, 6.45) is 1.04. The van der Waals surface area contributed by atoms with Gasteiger partial charge in [0.05, 0.1) is 5.52 Å². The number of halogens is 3. The Kier molecular flexibility index (Phi) is 5.31. The Balaban J connectivity index is 1.35. The second-order valence-corrected chi connectivity index (χ2v) is 8.14. The fourth-order valence-corrected chi connectivity index (χ4v) is 4.50. The fourth-order valence-electron chi connectivity index (χ4n) is 4.50. The minimum absolute atomic E-state index is 0.00921. The van der Waals surface area contributed by atoms with Crippen LogP contribution in [0, 0.1) is 17.5 Å². The fraction of sp³-hybridized carbons (Fsp3) is 0.192. The summed E-state index contributed by atoms with van der Waals surface area (Å²) in [6, 6.07) is 16.7. The number of Topliss-reactive ketones (excluding diaryl/α,β-unsaturated/α-hetero) is 1. The van der Waals surface area contributed by atoms with Crippen molar-refractivity contribution in [3.8, 4) is 5.69 Å². The van der Waals surface area contributed by atoms with Gasteiger partial charge in [-0.15, -0.1) is 0 Å². The topological polar surface area (TPSA) is 25.2 Å². The van der Waals surface area contributed by atoms with Gasteiger partial charge in [-0.05, 0) is 85.3 Å². The number of hydrogen-bond acceptors (Lipinski definition) is 2. The van der Waals surface area contributed by atoms with Gasteiger partial charge in [-0.1, -0.05) is 0 Å². The highest BCUT2D eigenvalue weighted by atomic mass is 19.1. The number of ketones is 1. The number of rotatable bonds is 6. The van der Waals surface area contributed by atoms with Crippen molar-refractivity contribution in [2.45, 2.75) is 25.9 Å². The lowest BCUT2D eigenvalue weighted by Crippen LogP contribution is -2.19. The minimum Gasteiger partial charge on any atom is -0.312 e. The minimum atomic E-state index is -0.360. The van der Waals surface area contributed by atoms with Gasteiger partial charge in [0.15, 0.2) is 5.78 Å². The molecule has 0 aliphatic carbocycles. The predicted octanol–water partition coefficient (Wildman–Crippen LogP) is 6.03. The van der Waals surface area contributed by atoms with Crippen LogP contribution < -0.4 is 0 Å². The number of carbonyl (C=O) groups is 1. The van der Waals surface area contributed by atoms with E-state index in [9.17, 15) is 18.0 Å². The highest BCUT2D eigenvalue weighted by Gasteiger charge is 2.27. The van der Waals surface area contributed by atoms with E-state index in [1.54, 1.807) is 24.3 Å². The van der Waals surface area contributed by atoms with E-state index in [-0.39, 0.29) is 23.2 Å². The lowest BCUT2D eigenvalue weighted by atomic mass is 10.1. The molecule has 0 unspecified atom stereocenters. The summed E-state index contributed by atoms with van der Waals surface area (Å²) in [5.41, 5.74) is 4.36. The summed E-state index contributed by atoms with van der Waals surface area (Å²) in [6.45, 7) is 2.03. The van der Waals surface area contributed by atoms with Gasteiger partial charge in [0, 0.05) is 41.8 Å². The number of aromatic nitrogens is 1. The second-order valence-electron chi connectivity index (χ2n) is 8.14. The van der Waals surface area contributed by atoms with Crippen molar-refractivity contribution < 1.29 is 18.0 Å². The number of fused-ring (bicyclic) bond motifs is 3. The van der Waals surface area contributed by atoms with Crippen LogP contribution >= 0.6 is 0 Å². The molecular formula is C26H21F3N2O. The van der Waals surface area contributed by atoms with Gasteiger partial charge < -0.3 is 4.57 Å². The molecule has 0 N–H and O–H groups in total. The van der Waals surface area contributed by atoms with Gasteiger partial charge in [-0.2, -0.15) is 0 Å². The second kappa shape index (κ2) is 8.28. The maximum atomic E-state index is 14.0. The van der Waals surface area contributed by atoms with Crippen LogP contribution in [0.15, 0.2) is 66.7 Å². The van der Waals surface area contributed by atoms with Crippen molar-refractivity contribution in [1.29, 1.82) is 0 Å². The summed E-state index contributed by atoms with van der Waals surface area (Å²) in [7, 11) is 0. The average Bonchev–Trinajstić information content (AvgIpc) is 3.31. The van der Waals surface area contributed by atoms with Crippen LogP contribution in [0.3, 0.4) is 0 Å². The van der Waals surface area contributed by atoms with E-state index < -0.39 is 0 Å². The average molecular weight is 434 g/mol. The van der Waals surface area contributed by atoms with E-state index in [1.165, 1.54) is 42.5 Å². The van der Waals surface area contributed by atoms with Crippen molar-refractivity contribution in [2.24, 2.45) is 0 Å². The third-order valence-corrected chi connectivity index (χ3v) is 6.03.